The lowest BCUT2D eigenvalue weighted by Crippen LogP contribution is -2.14. The third kappa shape index (κ3) is 3.59. The number of halogens is 3. The van der Waals surface area contributed by atoms with Crippen LogP contribution in [-0.2, 0) is 11.0 Å². The molecular formula is C20H12F3N5O2. The van der Waals surface area contributed by atoms with E-state index in [1.807, 2.05) is 0 Å². The number of dihydropyridines is 1. The SMILES string of the molecule is O=C=C1C=C(c2cccc3c(C(=O)Nc4ccnc(C(F)(F)F)c4)cnn23)C=CN1. The highest BCUT2D eigenvalue weighted by molar-refractivity contribution is 6.09. The Morgan fingerprint density at radius 2 is 2.07 bits per heavy atom. The lowest BCUT2D eigenvalue weighted by atomic mass is 10.1. The number of amides is 1. The molecule has 1 aliphatic rings. The number of pyridine rings is 2. The van der Waals surface area contributed by atoms with Crippen molar-refractivity contribution in [3.05, 3.63) is 83.7 Å². The van der Waals surface area contributed by atoms with Crippen LogP contribution in [0.5, 0.6) is 0 Å². The summed E-state index contributed by atoms with van der Waals surface area (Å²) in [4.78, 5) is 26.8. The number of hydrogen-bond donors (Lipinski definition) is 2. The molecule has 0 aliphatic carbocycles. The maximum atomic E-state index is 12.8. The molecule has 30 heavy (non-hydrogen) atoms. The number of aromatic nitrogens is 3. The summed E-state index contributed by atoms with van der Waals surface area (Å²) in [5.74, 6) is 1.15. The highest BCUT2D eigenvalue weighted by Crippen LogP contribution is 2.29. The van der Waals surface area contributed by atoms with Gasteiger partial charge in [-0.25, -0.2) is 9.31 Å². The summed E-state index contributed by atoms with van der Waals surface area (Å²) in [7, 11) is 0. The van der Waals surface area contributed by atoms with Crippen LogP contribution in [0.15, 0.2) is 66.8 Å². The van der Waals surface area contributed by atoms with Gasteiger partial charge in [0.2, 0.25) is 0 Å². The fourth-order valence-corrected chi connectivity index (χ4v) is 2.95. The zero-order chi connectivity index (χ0) is 21.3. The van der Waals surface area contributed by atoms with Gasteiger partial charge in [0.05, 0.1) is 23.0 Å². The van der Waals surface area contributed by atoms with E-state index in [4.69, 9.17) is 0 Å². The summed E-state index contributed by atoms with van der Waals surface area (Å²) in [6.45, 7) is 0. The summed E-state index contributed by atoms with van der Waals surface area (Å²) in [5, 5.41) is 9.40. The third-order valence-electron chi connectivity index (χ3n) is 4.30. The number of carbonyl (C=O) groups is 1. The zero-order valence-electron chi connectivity index (χ0n) is 15.1. The number of hydrogen-bond acceptors (Lipinski definition) is 5. The topological polar surface area (TPSA) is 88.4 Å². The lowest BCUT2D eigenvalue weighted by Gasteiger charge is -2.11. The first-order chi connectivity index (χ1) is 14.4. The van der Waals surface area contributed by atoms with E-state index in [-0.39, 0.29) is 16.9 Å². The molecule has 1 aliphatic heterocycles. The third-order valence-corrected chi connectivity index (χ3v) is 4.30. The predicted molar refractivity (Wildman–Crippen MR) is 102 cm³/mol. The molecule has 0 saturated carbocycles. The number of anilines is 1. The Bertz CT molecular complexity index is 1270. The van der Waals surface area contributed by atoms with Crippen LogP contribution in [0.3, 0.4) is 0 Å². The molecule has 2 N–H and O–H groups in total. The van der Waals surface area contributed by atoms with Crippen LogP contribution in [0, 0.1) is 0 Å². The normalized spacial score (nSPS) is 13.6. The average Bonchev–Trinajstić information content (AvgIpc) is 3.18. The van der Waals surface area contributed by atoms with Crippen molar-refractivity contribution in [1.82, 2.24) is 19.9 Å². The van der Waals surface area contributed by atoms with Crippen LogP contribution >= 0.6 is 0 Å². The Hall–Kier alpha value is -4.17. The van der Waals surface area contributed by atoms with Crippen molar-refractivity contribution >= 4 is 28.6 Å². The largest absolute Gasteiger partial charge is 0.433 e. The predicted octanol–water partition coefficient (Wildman–Crippen LogP) is 3.22. The van der Waals surface area contributed by atoms with Gasteiger partial charge in [-0.2, -0.15) is 18.3 Å². The molecule has 0 radical (unpaired) electrons. The summed E-state index contributed by atoms with van der Waals surface area (Å²) in [6, 6.07) is 7.14. The lowest BCUT2D eigenvalue weighted by molar-refractivity contribution is -0.141. The molecule has 0 aromatic carbocycles. The minimum atomic E-state index is -4.62. The molecule has 4 rings (SSSR count). The first-order valence-corrected chi connectivity index (χ1v) is 8.58. The number of carbonyl (C=O) groups excluding carboxylic acids is 2. The molecule has 0 fully saturated rings. The Morgan fingerprint density at radius 3 is 2.83 bits per heavy atom. The summed E-state index contributed by atoms with van der Waals surface area (Å²) in [6.07, 6.45) is 2.56. The van der Waals surface area contributed by atoms with Gasteiger partial charge in [-0.3, -0.25) is 9.78 Å². The first kappa shape index (κ1) is 19.2. The Kier molecular flexibility index (Phi) is 4.69. The quantitative estimate of drug-likeness (QED) is 0.647. The molecule has 150 valence electrons. The molecule has 3 aromatic rings. The fourth-order valence-electron chi connectivity index (χ4n) is 2.95. The molecular weight excluding hydrogens is 399 g/mol. The van der Waals surface area contributed by atoms with E-state index < -0.39 is 17.8 Å². The van der Waals surface area contributed by atoms with Gasteiger partial charge in [-0.15, -0.1) is 0 Å². The van der Waals surface area contributed by atoms with Crippen LogP contribution in [0.25, 0.3) is 11.1 Å². The maximum Gasteiger partial charge on any atom is 0.433 e. The highest BCUT2D eigenvalue weighted by atomic mass is 19.4. The second kappa shape index (κ2) is 7.34. The molecule has 1 amide bonds. The number of rotatable bonds is 3. The van der Waals surface area contributed by atoms with Crippen LogP contribution < -0.4 is 10.6 Å². The van der Waals surface area contributed by atoms with Gasteiger partial charge in [0, 0.05) is 23.7 Å². The number of fused-ring (bicyclic) bond motifs is 1. The molecule has 0 spiro atoms. The van der Waals surface area contributed by atoms with E-state index in [2.05, 4.69) is 20.7 Å². The van der Waals surface area contributed by atoms with Crippen molar-refractivity contribution < 1.29 is 22.8 Å². The number of allylic oxidation sites excluding steroid dienone is 3. The molecule has 3 aromatic heterocycles. The molecule has 0 bridgehead atoms. The van der Waals surface area contributed by atoms with Gasteiger partial charge in [0.15, 0.2) is 5.94 Å². The van der Waals surface area contributed by atoms with Gasteiger partial charge in [0.1, 0.15) is 11.4 Å². The molecule has 10 heteroatoms. The second-order valence-corrected chi connectivity index (χ2v) is 6.24. The molecule has 0 atom stereocenters. The van der Waals surface area contributed by atoms with Crippen molar-refractivity contribution in [1.29, 1.82) is 0 Å². The highest BCUT2D eigenvalue weighted by Gasteiger charge is 2.32. The Morgan fingerprint density at radius 1 is 1.23 bits per heavy atom. The van der Waals surface area contributed by atoms with Crippen LogP contribution in [-0.4, -0.2) is 26.4 Å². The van der Waals surface area contributed by atoms with Gasteiger partial charge >= 0.3 is 6.18 Å². The first-order valence-electron chi connectivity index (χ1n) is 8.58. The monoisotopic (exact) mass is 411 g/mol. The average molecular weight is 411 g/mol. The van der Waals surface area contributed by atoms with E-state index >= 15 is 0 Å². The molecule has 7 nitrogen and oxygen atoms in total. The summed E-state index contributed by atoms with van der Waals surface area (Å²) < 4.78 is 40.0. The van der Waals surface area contributed by atoms with E-state index in [1.54, 1.807) is 42.5 Å². The van der Waals surface area contributed by atoms with Crippen LogP contribution in [0.1, 0.15) is 21.7 Å². The van der Waals surface area contributed by atoms with E-state index in [0.29, 0.717) is 16.8 Å². The smallest absolute Gasteiger partial charge is 0.353 e. The van der Waals surface area contributed by atoms with Crippen LogP contribution in [0.4, 0.5) is 18.9 Å². The van der Waals surface area contributed by atoms with Crippen molar-refractivity contribution in [3.8, 4) is 0 Å². The van der Waals surface area contributed by atoms with E-state index in [0.717, 1.165) is 12.3 Å². The summed E-state index contributed by atoms with van der Waals surface area (Å²) >= 11 is 0. The number of nitrogens with zero attached hydrogens (tertiary/aromatic N) is 3. The number of alkyl halides is 3. The minimum absolute atomic E-state index is 0.0393. The standard InChI is InChI=1S/C20H12F3N5O2/c21-20(22,23)18-9-13(5-7-25-18)27-19(30)15-10-26-28-16(2-1-3-17(15)28)12-4-6-24-14(8-12)11-29/h1-10,24H,(H,25,27,30). The molecule has 4 heterocycles. The Balaban J connectivity index is 1.68. The van der Waals surface area contributed by atoms with Gasteiger partial charge in [-0.05, 0) is 36.4 Å². The van der Waals surface area contributed by atoms with Crippen molar-refractivity contribution in [2.75, 3.05) is 5.32 Å². The van der Waals surface area contributed by atoms with Gasteiger partial charge in [0.25, 0.3) is 5.91 Å². The summed E-state index contributed by atoms with van der Waals surface area (Å²) in [5.41, 5.74) is 0.991. The van der Waals surface area contributed by atoms with E-state index in [1.165, 1.54) is 16.8 Å². The number of nitrogens with one attached hydrogen (secondary N) is 2. The Labute approximate surface area is 167 Å². The molecule has 0 unspecified atom stereocenters. The molecule has 0 saturated heterocycles. The van der Waals surface area contributed by atoms with Gasteiger partial charge in [-0.1, -0.05) is 6.07 Å². The van der Waals surface area contributed by atoms with Crippen molar-refractivity contribution in [2.45, 2.75) is 6.18 Å². The maximum absolute atomic E-state index is 12.8. The fraction of sp³-hybridized carbons (Fsp3) is 0.0500. The zero-order valence-corrected chi connectivity index (χ0v) is 15.1. The second-order valence-electron chi connectivity index (χ2n) is 6.24. The van der Waals surface area contributed by atoms with Crippen molar-refractivity contribution in [2.24, 2.45) is 0 Å². The van der Waals surface area contributed by atoms with E-state index in [9.17, 15) is 22.8 Å². The van der Waals surface area contributed by atoms with Crippen LogP contribution in [0.2, 0.25) is 0 Å². The minimum Gasteiger partial charge on any atom is -0.353 e. The van der Waals surface area contributed by atoms with Crippen molar-refractivity contribution in [3.63, 3.8) is 0 Å². The van der Waals surface area contributed by atoms with Gasteiger partial charge < -0.3 is 10.6 Å².